The predicted octanol–water partition coefficient (Wildman–Crippen LogP) is 3.57. The minimum atomic E-state index is -4.41. The molecule has 0 aromatic heterocycles. The van der Waals surface area contributed by atoms with Gasteiger partial charge in [0, 0.05) is 19.5 Å². The van der Waals surface area contributed by atoms with Crippen LogP contribution in [0.4, 0.5) is 13.2 Å². The highest BCUT2D eigenvalue weighted by Gasteiger charge is 2.29. The topological polar surface area (TPSA) is 75.3 Å². The minimum absolute atomic E-state index is 0.0640. The van der Waals surface area contributed by atoms with Gasteiger partial charge in [0.1, 0.15) is 0 Å². The third kappa shape index (κ3) is 5.82. The largest absolute Gasteiger partial charge is 0.416 e. The Balaban J connectivity index is 1.47. The summed E-state index contributed by atoms with van der Waals surface area (Å²) >= 11 is 0. The van der Waals surface area contributed by atoms with Gasteiger partial charge in [0.2, 0.25) is 15.9 Å². The Morgan fingerprint density at radius 1 is 0.967 bits per heavy atom. The van der Waals surface area contributed by atoms with E-state index in [1.54, 1.807) is 12.1 Å². The summed E-state index contributed by atoms with van der Waals surface area (Å²) in [5.41, 5.74) is 2.00. The molecule has 0 bridgehead atoms. The molecule has 0 radical (unpaired) electrons. The number of hydrogen-bond donors (Lipinski definition) is 2. The van der Waals surface area contributed by atoms with Crippen LogP contribution in [0.2, 0.25) is 0 Å². The summed E-state index contributed by atoms with van der Waals surface area (Å²) in [6, 6.07) is 9.62. The summed E-state index contributed by atoms with van der Waals surface area (Å²) in [5, 5.41) is 2.57. The van der Waals surface area contributed by atoms with Crippen LogP contribution in [0, 0.1) is 0 Å². The van der Waals surface area contributed by atoms with E-state index in [4.69, 9.17) is 0 Å². The van der Waals surface area contributed by atoms with E-state index >= 15 is 0 Å². The Kier molecular flexibility index (Phi) is 6.82. The van der Waals surface area contributed by atoms with Gasteiger partial charge in [0.15, 0.2) is 0 Å². The van der Waals surface area contributed by atoms with Crippen LogP contribution < -0.4 is 10.0 Å². The average Bonchev–Trinajstić information content (AvgIpc) is 2.71. The highest BCUT2D eigenvalue weighted by atomic mass is 32.2. The van der Waals surface area contributed by atoms with Gasteiger partial charge in [-0.05, 0) is 66.6 Å². The number of fused-ring (bicyclic) bond motifs is 1. The number of alkyl halides is 3. The third-order valence-corrected chi connectivity index (χ3v) is 6.50. The van der Waals surface area contributed by atoms with Gasteiger partial charge in [0.25, 0.3) is 0 Å². The van der Waals surface area contributed by atoms with Gasteiger partial charge in [-0.3, -0.25) is 4.79 Å². The summed E-state index contributed by atoms with van der Waals surface area (Å²) in [4.78, 5) is 12.1. The van der Waals surface area contributed by atoms with E-state index in [2.05, 4.69) is 10.0 Å². The van der Waals surface area contributed by atoms with Crippen LogP contribution in [0.5, 0.6) is 0 Å². The maximum absolute atomic E-state index is 12.5. The molecule has 30 heavy (non-hydrogen) atoms. The van der Waals surface area contributed by atoms with Crippen LogP contribution in [0.3, 0.4) is 0 Å². The quantitative estimate of drug-likeness (QED) is 0.691. The van der Waals surface area contributed by atoms with E-state index in [0.29, 0.717) is 5.56 Å². The van der Waals surface area contributed by atoms with E-state index in [1.807, 2.05) is 6.07 Å². The molecule has 2 aromatic rings. The van der Waals surface area contributed by atoms with Crippen LogP contribution >= 0.6 is 0 Å². The monoisotopic (exact) mass is 440 g/mol. The van der Waals surface area contributed by atoms with Crippen molar-refractivity contribution in [2.24, 2.45) is 0 Å². The maximum Gasteiger partial charge on any atom is 0.416 e. The number of amides is 1. The Morgan fingerprint density at radius 2 is 1.63 bits per heavy atom. The highest BCUT2D eigenvalue weighted by Crippen LogP contribution is 2.29. The Labute approximate surface area is 173 Å². The molecule has 2 N–H and O–H groups in total. The molecule has 1 aliphatic carbocycles. The van der Waals surface area contributed by atoms with Crippen molar-refractivity contribution in [1.29, 1.82) is 0 Å². The number of carbonyl (C=O) groups is 1. The second-order valence-corrected chi connectivity index (χ2v) is 9.02. The molecule has 2 aromatic carbocycles. The van der Waals surface area contributed by atoms with Gasteiger partial charge in [-0.15, -0.1) is 0 Å². The van der Waals surface area contributed by atoms with Gasteiger partial charge in [-0.25, -0.2) is 13.1 Å². The Hall–Kier alpha value is -2.39. The second kappa shape index (κ2) is 9.18. The summed E-state index contributed by atoms with van der Waals surface area (Å²) < 4.78 is 65.0. The van der Waals surface area contributed by atoms with E-state index in [-0.39, 0.29) is 24.4 Å². The van der Waals surface area contributed by atoms with E-state index in [9.17, 15) is 26.4 Å². The number of rotatable bonds is 7. The molecule has 0 spiro atoms. The molecule has 9 heteroatoms. The van der Waals surface area contributed by atoms with Crippen LogP contribution in [0.25, 0.3) is 0 Å². The van der Waals surface area contributed by atoms with Crippen LogP contribution in [-0.4, -0.2) is 20.9 Å². The molecule has 0 saturated heterocycles. The van der Waals surface area contributed by atoms with E-state index < -0.39 is 27.7 Å². The summed E-state index contributed by atoms with van der Waals surface area (Å²) in [7, 11) is -3.71. The van der Waals surface area contributed by atoms with Gasteiger partial charge < -0.3 is 5.32 Å². The highest BCUT2D eigenvalue weighted by molar-refractivity contribution is 7.89. The molecule has 1 aliphatic rings. The molecule has 0 heterocycles. The number of aryl methyl sites for hydroxylation is 2. The van der Waals surface area contributed by atoms with Crippen molar-refractivity contribution < 1.29 is 26.4 Å². The van der Waals surface area contributed by atoms with Crippen molar-refractivity contribution in [3.63, 3.8) is 0 Å². The molecule has 0 fully saturated rings. The number of hydrogen-bond acceptors (Lipinski definition) is 3. The first kappa shape index (κ1) is 22.3. The molecule has 0 saturated carbocycles. The number of halogens is 3. The molecule has 0 unspecified atom stereocenters. The fourth-order valence-electron chi connectivity index (χ4n) is 3.36. The van der Waals surface area contributed by atoms with E-state index in [0.717, 1.165) is 43.4 Å². The molecule has 162 valence electrons. The molecule has 0 aliphatic heterocycles. The van der Waals surface area contributed by atoms with E-state index in [1.165, 1.54) is 17.7 Å². The first-order valence-corrected chi connectivity index (χ1v) is 11.2. The van der Waals surface area contributed by atoms with Gasteiger partial charge >= 0.3 is 6.18 Å². The van der Waals surface area contributed by atoms with Crippen molar-refractivity contribution in [3.05, 3.63) is 64.7 Å². The zero-order valence-corrected chi connectivity index (χ0v) is 17.1. The number of nitrogens with one attached hydrogen (secondary N) is 2. The lowest BCUT2D eigenvalue weighted by molar-refractivity contribution is -0.137. The standard InChI is InChI=1S/C21H23F3N2O3S/c22-21(23,24)18-8-5-15(6-9-18)14-25-20(27)11-12-26-30(28,29)19-10-7-16-3-1-2-4-17(16)13-19/h5-10,13,26H,1-4,11-12,14H2,(H,25,27). The lowest BCUT2D eigenvalue weighted by Gasteiger charge is -2.16. The molecule has 3 rings (SSSR count). The van der Waals surface area contributed by atoms with Crippen LogP contribution in [0.1, 0.15) is 41.5 Å². The number of carbonyl (C=O) groups excluding carboxylic acids is 1. The lowest BCUT2D eigenvalue weighted by Crippen LogP contribution is -2.30. The first-order chi connectivity index (χ1) is 14.1. The van der Waals surface area contributed by atoms with Crippen molar-refractivity contribution >= 4 is 15.9 Å². The maximum atomic E-state index is 12.5. The Bertz CT molecular complexity index is 1000. The molecule has 1 amide bonds. The van der Waals surface area contributed by atoms with Gasteiger partial charge in [-0.2, -0.15) is 13.2 Å². The van der Waals surface area contributed by atoms with Gasteiger partial charge in [-0.1, -0.05) is 18.2 Å². The predicted molar refractivity (Wildman–Crippen MR) is 106 cm³/mol. The summed E-state index contributed by atoms with van der Waals surface area (Å²) in [6.45, 7) is -0.00714. The van der Waals surface area contributed by atoms with Crippen molar-refractivity contribution in [1.82, 2.24) is 10.0 Å². The fraction of sp³-hybridized carbons (Fsp3) is 0.381. The SMILES string of the molecule is O=C(CCNS(=O)(=O)c1ccc2c(c1)CCCC2)NCc1ccc(C(F)(F)F)cc1. The molecule has 0 atom stereocenters. The van der Waals surface area contributed by atoms with Crippen molar-refractivity contribution in [2.75, 3.05) is 6.54 Å². The number of benzene rings is 2. The Morgan fingerprint density at radius 3 is 2.30 bits per heavy atom. The minimum Gasteiger partial charge on any atom is -0.352 e. The molecular weight excluding hydrogens is 417 g/mol. The molecular formula is C21H23F3N2O3S. The lowest BCUT2D eigenvalue weighted by atomic mass is 9.92. The number of sulfonamides is 1. The van der Waals surface area contributed by atoms with Gasteiger partial charge in [0.05, 0.1) is 10.5 Å². The second-order valence-electron chi connectivity index (χ2n) is 7.26. The fourth-order valence-corrected chi connectivity index (χ4v) is 4.44. The third-order valence-electron chi connectivity index (χ3n) is 5.05. The van der Waals surface area contributed by atoms with Crippen molar-refractivity contribution in [3.8, 4) is 0 Å². The zero-order valence-electron chi connectivity index (χ0n) is 16.3. The first-order valence-electron chi connectivity index (χ1n) is 9.69. The summed E-state index contributed by atoms with van der Waals surface area (Å²) in [6.07, 6.45) is -0.503. The normalized spacial score (nSPS) is 14.2. The van der Waals surface area contributed by atoms with Crippen LogP contribution in [-0.2, 0) is 40.4 Å². The van der Waals surface area contributed by atoms with Crippen LogP contribution in [0.15, 0.2) is 47.4 Å². The average molecular weight is 440 g/mol. The summed E-state index contributed by atoms with van der Waals surface area (Å²) in [5.74, 6) is -0.400. The zero-order chi connectivity index (χ0) is 21.8. The smallest absolute Gasteiger partial charge is 0.352 e. The van der Waals surface area contributed by atoms with Crippen molar-refractivity contribution in [2.45, 2.75) is 49.7 Å². The molecule has 5 nitrogen and oxygen atoms in total.